The molecule has 2 aromatic rings. The molecular formula is C21H24BrNO4. The van der Waals surface area contributed by atoms with E-state index in [0.29, 0.717) is 5.33 Å². The van der Waals surface area contributed by atoms with Gasteiger partial charge in [-0.05, 0) is 18.1 Å². The van der Waals surface area contributed by atoms with Gasteiger partial charge in [0.25, 0.3) is 0 Å². The molecule has 0 heterocycles. The molecule has 1 atom stereocenters. The van der Waals surface area contributed by atoms with Crippen molar-refractivity contribution in [3.8, 4) is 0 Å². The number of benzene rings is 2. The van der Waals surface area contributed by atoms with Crippen molar-refractivity contribution in [2.45, 2.75) is 26.2 Å². The Balaban J connectivity index is 1.82. The molecule has 27 heavy (non-hydrogen) atoms. The summed E-state index contributed by atoms with van der Waals surface area (Å²) in [4.78, 5) is 26.1. The third-order valence-electron chi connectivity index (χ3n) is 4.00. The highest BCUT2D eigenvalue weighted by Crippen LogP contribution is 2.07. The van der Waals surface area contributed by atoms with Crippen molar-refractivity contribution < 1.29 is 19.1 Å². The number of hydrogen-bond acceptors (Lipinski definition) is 5. The van der Waals surface area contributed by atoms with Crippen LogP contribution in [-0.4, -0.2) is 41.3 Å². The Morgan fingerprint density at radius 3 is 1.63 bits per heavy atom. The fourth-order valence-corrected chi connectivity index (χ4v) is 2.77. The van der Waals surface area contributed by atoms with Gasteiger partial charge in [0.2, 0.25) is 0 Å². The van der Waals surface area contributed by atoms with Crippen molar-refractivity contribution in [2.24, 2.45) is 0 Å². The minimum absolute atomic E-state index is 0.0152. The van der Waals surface area contributed by atoms with E-state index in [1.54, 1.807) is 4.90 Å². The molecule has 5 nitrogen and oxygen atoms in total. The molecule has 0 saturated heterocycles. The number of carbonyl (C=O) groups is 2. The van der Waals surface area contributed by atoms with Crippen LogP contribution in [0, 0.1) is 0 Å². The zero-order valence-corrected chi connectivity index (χ0v) is 16.9. The molecule has 2 rings (SSSR count). The molecule has 0 aliphatic carbocycles. The summed E-state index contributed by atoms with van der Waals surface area (Å²) >= 11 is 3.40. The Bertz CT molecular complexity index is 651. The summed E-state index contributed by atoms with van der Waals surface area (Å²) in [5, 5.41) is 0.630. The van der Waals surface area contributed by atoms with E-state index in [2.05, 4.69) is 15.9 Å². The molecule has 0 amide bonds. The summed E-state index contributed by atoms with van der Waals surface area (Å²) in [6.45, 7) is 2.42. The average molecular weight is 434 g/mol. The van der Waals surface area contributed by atoms with Crippen LogP contribution in [0.1, 0.15) is 18.1 Å². The molecule has 144 valence electrons. The van der Waals surface area contributed by atoms with Gasteiger partial charge in [0, 0.05) is 11.4 Å². The second-order valence-electron chi connectivity index (χ2n) is 6.20. The van der Waals surface area contributed by atoms with Crippen molar-refractivity contribution in [3.05, 3.63) is 71.8 Å². The predicted octanol–water partition coefficient (Wildman–Crippen LogP) is 3.56. The molecule has 0 radical (unpaired) electrons. The lowest BCUT2D eigenvalue weighted by atomic mass is 10.2. The number of hydrogen-bond donors (Lipinski definition) is 0. The van der Waals surface area contributed by atoms with Crippen LogP contribution in [0.15, 0.2) is 60.7 Å². The van der Waals surface area contributed by atoms with Gasteiger partial charge in [0.15, 0.2) is 0 Å². The molecule has 0 aromatic heterocycles. The highest BCUT2D eigenvalue weighted by atomic mass is 79.9. The maximum atomic E-state index is 12.2. The molecule has 2 aromatic carbocycles. The second-order valence-corrected chi connectivity index (χ2v) is 6.85. The molecular weight excluding hydrogens is 410 g/mol. The molecule has 6 heteroatoms. The van der Waals surface area contributed by atoms with Crippen molar-refractivity contribution in [1.82, 2.24) is 4.90 Å². The van der Waals surface area contributed by atoms with Gasteiger partial charge in [-0.3, -0.25) is 14.5 Å². The fourth-order valence-electron chi connectivity index (χ4n) is 2.36. The normalized spacial score (nSPS) is 11.8. The van der Waals surface area contributed by atoms with Gasteiger partial charge >= 0.3 is 11.9 Å². The SMILES string of the molecule is C[C@@H](CBr)N(CC(=O)OCc1ccccc1)CC(=O)OCc1ccccc1. The van der Waals surface area contributed by atoms with Crippen LogP contribution >= 0.6 is 15.9 Å². The summed E-state index contributed by atoms with van der Waals surface area (Å²) < 4.78 is 10.6. The van der Waals surface area contributed by atoms with Gasteiger partial charge in [-0.25, -0.2) is 0 Å². The minimum atomic E-state index is -0.373. The lowest BCUT2D eigenvalue weighted by Crippen LogP contribution is -2.42. The number of ether oxygens (including phenoxy) is 2. The van der Waals surface area contributed by atoms with E-state index in [1.807, 2.05) is 67.6 Å². The third kappa shape index (κ3) is 7.93. The first-order valence-corrected chi connectivity index (χ1v) is 9.89. The van der Waals surface area contributed by atoms with Crippen molar-refractivity contribution in [1.29, 1.82) is 0 Å². The first kappa shape index (κ1) is 21.1. The standard InChI is InChI=1S/C21H24BrNO4/c1-17(12-22)23(13-20(24)26-15-18-8-4-2-5-9-18)14-21(25)27-16-19-10-6-3-7-11-19/h2-11,17H,12-16H2,1H3/t17-/m0/s1. The van der Waals surface area contributed by atoms with E-state index in [1.165, 1.54) is 0 Å². The lowest BCUT2D eigenvalue weighted by molar-refractivity contribution is -0.150. The fraction of sp³-hybridized carbons (Fsp3) is 0.333. The monoisotopic (exact) mass is 433 g/mol. The van der Waals surface area contributed by atoms with E-state index in [4.69, 9.17) is 9.47 Å². The molecule has 0 N–H and O–H groups in total. The topological polar surface area (TPSA) is 55.8 Å². The van der Waals surface area contributed by atoms with Crippen molar-refractivity contribution in [3.63, 3.8) is 0 Å². The molecule has 0 spiro atoms. The second kappa shape index (κ2) is 11.5. The summed E-state index contributed by atoms with van der Waals surface area (Å²) in [6.07, 6.45) is 0. The number of alkyl halides is 1. The van der Waals surface area contributed by atoms with Crippen LogP contribution in [0.3, 0.4) is 0 Å². The smallest absolute Gasteiger partial charge is 0.320 e. The zero-order chi connectivity index (χ0) is 19.5. The quantitative estimate of drug-likeness (QED) is 0.423. The van der Waals surface area contributed by atoms with E-state index in [-0.39, 0.29) is 44.3 Å². The maximum absolute atomic E-state index is 12.2. The highest BCUT2D eigenvalue weighted by molar-refractivity contribution is 9.09. The summed E-state index contributed by atoms with van der Waals surface area (Å²) in [7, 11) is 0. The van der Waals surface area contributed by atoms with Gasteiger partial charge in [-0.1, -0.05) is 76.6 Å². The zero-order valence-electron chi connectivity index (χ0n) is 15.3. The van der Waals surface area contributed by atoms with Gasteiger partial charge in [-0.15, -0.1) is 0 Å². The van der Waals surface area contributed by atoms with Crippen LogP contribution in [0.4, 0.5) is 0 Å². The molecule has 0 bridgehead atoms. The lowest BCUT2D eigenvalue weighted by Gasteiger charge is -2.25. The Hall–Kier alpha value is -2.18. The van der Waals surface area contributed by atoms with Crippen LogP contribution in [0.2, 0.25) is 0 Å². The maximum Gasteiger partial charge on any atom is 0.320 e. The first-order valence-electron chi connectivity index (χ1n) is 8.77. The molecule has 0 fully saturated rings. The van der Waals surface area contributed by atoms with Crippen LogP contribution < -0.4 is 0 Å². The Morgan fingerprint density at radius 1 is 0.852 bits per heavy atom. The van der Waals surface area contributed by atoms with Crippen LogP contribution in [0.25, 0.3) is 0 Å². The highest BCUT2D eigenvalue weighted by Gasteiger charge is 2.21. The van der Waals surface area contributed by atoms with Gasteiger partial charge in [-0.2, -0.15) is 0 Å². The van der Waals surface area contributed by atoms with Crippen molar-refractivity contribution in [2.75, 3.05) is 18.4 Å². The first-order chi connectivity index (χ1) is 13.1. The van der Waals surface area contributed by atoms with Gasteiger partial charge in [0.1, 0.15) is 13.2 Å². The summed E-state index contributed by atoms with van der Waals surface area (Å²) in [5.74, 6) is -0.745. The number of carbonyl (C=O) groups excluding carboxylic acids is 2. The van der Waals surface area contributed by atoms with Crippen LogP contribution in [0.5, 0.6) is 0 Å². The van der Waals surface area contributed by atoms with E-state index in [0.717, 1.165) is 11.1 Å². The third-order valence-corrected chi connectivity index (χ3v) is 4.93. The largest absolute Gasteiger partial charge is 0.460 e. The molecule has 0 saturated carbocycles. The predicted molar refractivity (Wildman–Crippen MR) is 107 cm³/mol. The molecule has 0 aliphatic heterocycles. The van der Waals surface area contributed by atoms with E-state index < -0.39 is 0 Å². The Morgan fingerprint density at radius 2 is 1.26 bits per heavy atom. The number of esters is 2. The Labute approximate surface area is 168 Å². The van der Waals surface area contributed by atoms with Gasteiger partial charge in [0.05, 0.1) is 13.1 Å². The Kier molecular flexibility index (Phi) is 9.01. The van der Waals surface area contributed by atoms with Crippen LogP contribution in [-0.2, 0) is 32.3 Å². The number of halogens is 1. The summed E-state index contributed by atoms with van der Waals surface area (Å²) in [6, 6.07) is 19.0. The molecule has 0 unspecified atom stereocenters. The van der Waals surface area contributed by atoms with E-state index >= 15 is 0 Å². The van der Waals surface area contributed by atoms with Crippen molar-refractivity contribution >= 4 is 27.9 Å². The molecule has 0 aliphatic rings. The van der Waals surface area contributed by atoms with E-state index in [9.17, 15) is 9.59 Å². The summed E-state index contributed by atoms with van der Waals surface area (Å²) in [5.41, 5.74) is 1.85. The number of nitrogens with zero attached hydrogens (tertiary/aromatic N) is 1. The number of rotatable bonds is 10. The van der Waals surface area contributed by atoms with Gasteiger partial charge < -0.3 is 9.47 Å². The minimum Gasteiger partial charge on any atom is -0.460 e. The average Bonchev–Trinajstić information content (AvgIpc) is 2.71.